The van der Waals surface area contributed by atoms with E-state index in [1.807, 2.05) is 5.10 Å². The third-order valence-corrected chi connectivity index (χ3v) is 6.61. The lowest BCUT2D eigenvalue weighted by molar-refractivity contribution is 0.0997. The van der Waals surface area contributed by atoms with Gasteiger partial charge < -0.3 is 10.2 Å². The summed E-state index contributed by atoms with van der Waals surface area (Å²) < 4.78 is 73.1. The van der Waals surface area contributed by atoms with Crippen LogP contribution in [0, 0.1) is 19.7 Å². The smallest absolute Gasteiger partial charge is 0.391 e. The summed E-state index contributed by atoms with van der Waals surface area (Å²) in [4.78, 5) is 22.9. The number of hydrogen-bond acceptors (Lipinski definition) is 6. The molecule has 32 heavy (non-hydrogen) atoms. The third kappa shape index (κ3) is 4.59. The van der Waals surface area contributed by atoms with Gasteiger partial charge in [-0.3, -0.25) is 4.79 Å². The number of nitrogens with zero attached hydrogens (tertiary/aromatic N) is 1. The monoisotopic (exact) mass is 485 g/mol. The van der Waals surface area contributed by atoms with Gasteiger partial charge in [-0.1, -0.05) is 24.5 Å². The van der Waals surface area contributed by atoms with Crippen molar-refractivity contribution in [2.45, 2.75) is 37.6 Å². The second kappa shape index (κ2) is 8.85. The molecule has 0 aliphatic heterocycles. The Balaban J connectivity index is 2.28. The van der Waals surface area contributed by atoms with E-state index < -0.39 is 62.7 Å². The minimum absolute atomic E-state index is 0.0189. The maximum Gasteiger partial charge on any atom is 0.434 e. The Morgan fingerprint density at radius 1 is 1.34 bits per heavy atom. The van der Waals surface area contributed by atoms with E-state index in [-0.39, 0.29) is 16.1 Å². The standard InChI is InChI=1S/C20H20ClFN4O5S/c1-9-4-6-14(22)16(10(9)2)11(3)17(19-24-25-20(28)31-19)26-32(29,30)15-7-5-12(21)8-13(15)18(23)27/h4-8,11,17,26H,1-3H3,(H2,23,27)(H,25,28)/t11-,17+/m1/s1/i3D3. The van der Waals surface area contributed by atoms with Crippen molar-refractivity contribution in [2.24, 2.45) is 5.73 Å². The highest BCUT2D eigenvalue weighted by Gasteiger charge is 2.34. The van der Waals surface area contributed by atoms with Crippen LogP contribution in [0.1, 0.15) is 55.9 Å². The minimum Gasteiger partial charge on any atom is -0.391 e. The van der Waals surface area contributed by atoms with Gasteiger partial charge in [-0.25, -0.2) is 22.7 Å². The molecule has 4 N–H and O–H groups in total. The summed E-state index contributed by atoms with van der Waals surface area (Å²) in [5.41, 5.74) is 5.28. The van der Waals surface area contributed by atoms with Gasteiger partial charge in [0, 0.05) is 15.1 Å². The number of aryl methyl sites for hydroxylation is 1. The number of nitrogens with two attached hydrogens (primary N) is 1. The Hall–Kier alpha value is -3.02. The normalized spacial score (nSPS) is 15.4. The van der Waals surface area contributed by atoms with Crippen LogP contribution in [-0.2, 0) is 10.0 Å². The van der Waals surface area contributed by atoms with Gasteiger partial charge in [0.05, 0.1) is 10.5 Å². The molecule has 170 valence electrons. The Morgan fingerprint density at radius 3 is 2.66 bits per heavy atom. The van der Waals surface area contributed by atoms with Crippen molar-refractivity contribution < 1.29 is 26.1 Å². The molecule has 0 aliphatic carbocycles. The van der Waals surface area contributed by atoms with Crippen LogP contribution in [0.3, 0.4) is 0 Å². The molecule has 1 aromatic heterocycles. The van der Waals surface area contributed by atoms with Gasteiger partial charge >= 0.3 is 5.76 Å². The molecule has 12 heteroatoms. The van der Waals surface area contributed by atoms with Gasteiger partial charge in [-0.05, 0) is 54.8 Å². The van der Waals surface area contributed by atoms with Crippen molar-refractivity contribution >= 4 is 27.5 Å². The van der Waals surface area contributed by atoms with E-state index in [4.69, 9.17) is 25.9 Å². The molecule has 3 aromatic rings. The van der Waals surface area contributed by atoms with Crippen molar-refractivity contribution in [1.82, 2.24) is 14.9 Å². The predicted octanol–water partition coefficient (Wildman–Crippen LogP) is 2.69. The molecule has 2 atom stereocenters. The Kier molecular flexibility index (Phi) is 5.43. The molecule has 0 saturated heterocycles. The van der Waals surface area contributed by atoms with Crippen LogP contribution in [-0.4, -0.2) is 24.5 Å². The van der Waals surface area contributed by atoms with Crippen LogP contribution in [0.2, 0.25) is 5.02 Å². The zero-order valence-corrected chi connectivity index (χ0v) is 18.3. The molecule has 0 fully saturated rings. The molecule has 1 heterocycles. The number of sulfonamides is 1. The van der Waals surface area contributed by atoms with Gasteiger partial charge in [0.2, 0.25) is 21.8 Å². The molecular weight excluding hydrogens is 463 g/mol. The number of benzene rings is 2. The maximum atomic E-state index is 15.0. The lowest BCUT2D eigenvalue weighted by atomic mass is 9.88. The lowest BCUT2D eigenvalue weighted by Crippen LogP contribution is -2.34. The summed E-state index contributed by atoms with van der Waals surface area (Å²) in [5, 5.41) is 5.54. The molecule has 2 aromatic carbocycles. The quantitative estimate of drug-likeness (QED) is 0.468. The number of aromatic nitrogens is 2. The fourth-order valence-corrected chi connectivity index (χ4v) is 4.71. The van der Waals surface area contributed by atoms with E-state index in [0.717, 1.165) is 18.2 Å². The molecular formula is C20H20ClFN4O5S. The topological polar surface area (TPSA) is 148 Å². The highest BCUT2D eigenvalue weighted by Crippen LogP contribution is 2.35. The number of carbonyl (C=O) groups excluding carboxylic acids is 1. The number of amides is 1. The van der Waals surface area contributed by atoms with Crippen molar-refractivity contribution in [2.75, 3.05) is 0 Å². The van der Waals surface area contributed by atoms with Gasteiger partial charge in [0.15, 0.2) is 0 Å². The number of carbonyl (C=O) groups is 1. The third-order valence-electron chi connectivity index (χ3n) is 4.88. The van der Waals surface area contributed by atoms with Gasteiger partial charge in [-0.2, -0.15) is 4.72 Å². The highest BCUT2D eigenvalue weighted by molar-refractivity contribution is 7.89. The second-order valence-corrected chi connectivity index (χ2v) is 9.05. The van der Waals surface area contributed by atoms with Crippen LogP contribution in [0.4, 0.5) is 4.39 Å². The molecule has 9 nitrogen and oxygen atoms in total. The zero-order chi connectivity index (χ0) is 26.3. The first kappa shape index (κ1) is 19.6. The van der Waals surface area contributed by atoms with Crippen molar-refractivity contribution in [3.63, 3.8) is 0 Å². The molecule has 0 bridgehead atoms. The molecule has 0 spiro atoms. The maximum absolute atomic E-state index is 15.0. The minimum atomic E-state index is -4.74. The number of halogens is 2. The lowest BCUT2D eigenvalue weighted by Gasteiger charge is -2.25. The summed E-state index contributed by atoms with van der Waals surface area (Å²) in [5.74, 6) is -5.69. The average Bonchev–Trinajstić information content (AvgIpc) is 3.17. The number of rotatable bonds is 7. The first-order valence-corrected chi connectivity index (χ1v) is 10.9. The summed E-state index contributed by atoms with van der Waals surface area (Å²) in [7, 11) is -4.74. The van der Waals surface area contributed by atoms with Gasteiger partial charge in [0.25, 0.3) is 0 Å². The van der Waals surface area contributed by atoms with E-state index >= 15 is 4.39 Å². The first-order valence-electron chi connectivity index (χ1n) is 10.6. The van der Waals surface area contributed by atoms with Crippen LogP contribution in [0.5, 0.6) is 0 Å². The van der Waals surface area contributed by atoms with E-state index in [1.54, 1.807) is 6.92 Å². The van der Waals surface area contributed by atoms with E-state index in [9.17, 15) is 18.0 Å². The number of primary amides is 1. The van der Waals surface area contributed by atoms with Crippen LogP contribution < -0.4 is 16.2 Å². The largest absolute Gasteiger partial charge is 0.434 e. The van der Waals surface area contributed by atoms with Crippen molar-refractivity contribution in [1.29, 1.82) is 0 Å². The SMILES string of the molecule is [2H]C([2H])([2H])[C@H](c1c(F)ccc(C)c1C)[C@H](NS(=O)(=O)c1ccc(Cl)cc1C(N)=O)c1n[nH]c(=O)o1. The molecule has 0 unspecified atom stereocenters. The molecule has 0 radical (unpaired) electrons. The second-order valence-electron chi connectivity index (χ2n) is 6.94. The first-order chi connectivity index (χ1) is 16.1. The number of nitrogens with one attached hydrogen (secondary N) is 2. The predicted molar refractivity (Wildman–Crippen MR) is 114 cm³/mol. The summed E-state index contributed by atoms with van der Waals surface area (Å²) in [6.45, 7) is 0.0787. The fourth-order valence-electron chi connectivity index (χ4n) is 3.15. The zero-order valence-electron chi connectivity index (χ0n) is 19.8. The van der Waals surface area contributed by atoms with Crippen LogP contribution in [0.15, 0.2) is 44.4 Å². The Labute approximate surface area is 192 Å². The number of hydrogen-bond donors (Lipinski definition) is 3. The fraction of sp³-hybridized carbons (Fsp3) is 0.250. The molecule has 3 rings (SSSR count). The van der Waals surface area contributed by atoms with Gasteiger partial charge in [0.1, 0.15) is 11.9 Å². The summed E-state index contributed by atoms with van der Waals surface area (Å²) in [6, 6.07) is 3.77. The number of aromatic amines is 1. The van der Waals surface area contributed by atoms with E-state index in [2.05, 4.69) is 9.82 Å². The van der Waals surface area contributed by atoms with Gasteiger partial charge in [-0.15, -0.1) is 5.10 Å². The van der Waals surface area contributed by atoms with Crippen molar-refractivity contribution in [3.05, 3.63) is 79.9 Å². The van der Waals surface area contributed by atoms with E-state index in [1.165, 1.54) is 19.1 Å². The van der Waals surface area contributed by atoms with Crippen LogP contribution >= 0.6 is 11.6 Å². The average molecular weight is 486 g/mol. The highest BCUT2D eigenvalue weighted by atomic mass is 35.5. The van der Waals surface area contributed by atoms with Crippen molar-refractivity contribution in [3.8, 4) is 0 Å². The Bertz CT molecular complexity index is 1460. The summed E-state index contributed by atoms with van der Waals surface area (Å²) >= 11 is 5.85. The van der Waals surface area contributed by atoms with Crippen LogP contribution in [0.25, 0.3) is 0 Å². The molecule has 0 aliphatic rings. The Morgan fingerprint density at radius 2 is 2.06 bits per heavy atom. The molecule has 1 amide bonds. The van der Waals surface area contributed by atoms with E-state index in [0.29, 0.717) is 5.56 Å². The summed E-state index contributed by atoms with van der Waals surface area (Å²) in [6.07, 6.45) is 0. The number of H-pyrrole nitrogens is 1. The molecule has 0 saturated carbocycles.